The van der Waals surface area contributed by atoms with E-state index in [1.165, 1.54) is 4.90 Å². The zero-order valence-corrected chi connectivity index (χ0v) is 13.1. The van der Waals surface area contributed by atoms with Gasteiger partial charge in [-0.15, -0.1) is 0 Å². The number of urea groups is 1. The Morgan fingerprint density at radius 3 is 2.14 bits per heavy atom. The van der Waals surface area contributed by atoms with E-state index in [1.54, 1.807) is 26.2 Å². The minimum atomic E-state index is -0.654. The lowest BCUT2D eigenvalue weighted by Gasteiger charge is -2.24. The number of nitrogens with one attached hydrogen (secondary N) is 2. The van der Waals surface area contributed by atoms with E-state index in [0.717, 1.165) is 5.56 Å². The second kappa shape index (κ2) is 6.97. The van der Waals surface area contributed by atoms with Crippen LogP contribution in [0.4, 0.5) is 10.5 Å². The molecular formula is C15H24N4O2. The van der Waals surface area contributed by atoms with Gasteiger partial charge in [-0.3, -0.25) is 4.79 Å². The van der Waals surface area contributed by atoms with E-state index in [4.69, 9.17) is 5.73 Å². The van der Waals surface area contributed by atoms with Crippen LogP contribution in [0.5, 0.6) is 0 Å². The van der Waals surface area contributed by atoms with Crippen molar-refractivity contribution in [2.24, 2.45) is 0 Å². The fourth-order valence-corrected chi connectivity index (χ4v) is 1.76. The Kier molecular flexibility index (Phi) is 5.58. The summed E-state index contributed by atoms with van der Waals surface area (Å²) < 4.78 is 0. The van der Waals surface area contributed by atoms with Crippen LogP contribution in [-0.2, 0) is 10.2 Å². The molecule has 116 valence electrons. The Labute approximate surface area is 125 Å². The Morgan fingerprint density at radius 2 is 1.62 bits per heavy atom. The molecule has 0 heterocycles. The van der Waals surface area contributed by atoms with Gasteiger partial charge in [0, 0.05) is 32.9 Å². The molecule has 6 heteroatoms. The molecule has 0 saturated heterocycles. The van der Waals surface area contributed by atoms with Crippen molar-refractivity contribution < 1.29 is 9.59 Å². The molecule has 21 heavy (non-hydrogen) atoms. The molecule has 0 spiro atoms. The molecule has 0 unspecified atom stereocenters. The fourth-order valence-electron chi connectivity index (χ4n) is 1.76. The van der Waals surface area contributed by atoms with Crippen molar-refractivity contribution in [1.29, 1.82) is 0 Å². The third kappa shape index (κ3) is 4.66. The van der Waals surface area contributed by atoms with Gasteiger partial charge >= 0.3 is 6.03 Å². The molecule has 1 aromatic carbocycles. The number of nitrogens with zero attached hydrogens (tertiary/aromatic N) is 1. The number of rotatable bonds is 5. The summed E-state index contributed by atoms with van der Waals surface area (Å²) in [7, 11) is 3.33. The second-order valence-electron chi connectivity index (χ2n) is 5.63. The molecule has 0 radical (unpaired) electrons. The van der Waals surface area contributed by atoms with Gasteiger partial charge in [-0.2, -0.15) is 0 Å². The van der Waals surface area contributed by atoms with Crippen LogP contribution in [0.3, 0.4) is 0 Å². The molecule has 0 saturated carbocycles. The highest BCUT2D eigenvalue weighted by atomic mass is 16.2. The van der Waals surface area contributed by atoms with Gasteiger partial charge in [0.15, 0.2) is 0 Å². The predicted octanol–water partition coefficient (Wildman–Crippen LogP) is 0.934. The summed E-state index contributed by atoms with van der Waals surface area (Å²) >= 11 is 0. The van der Waals surface area contributed by atoms with Crippen LogP contribution in [0.2, 0.25) is 0 Å². The molecule has 0 aliphatic rings. The molecule has 0 aromatic heterocycles. The Balaban J connectivity index is 2.50. The first-order valence-corrected chi connectivity index (χ1v) is 6.84. The number of amides is 3. The van der Waals surface area contributed by atoms with Crippen molar-refractivity contribution in [3.8, 4) is 0 Å². The van der Waals surface area contributed by atoms with Crippen LogP contribution < -0.4 is 16.4 Å². The minimum Gasteiger partial charge on any atom is -0.399 e. The minimum absolute atomic E-state index is 0.0913. The lowest BCUT2D eigenvalue weighted by atomic mass is 9.83. The molecule has 0 atom stereocenters. The lowest BCUT2D eigenvalue weighted by molar-refractivity contribution is -0.125. The number of nitrogens with two attached hydrogens (primary N) is 1. The van der Waals surface area contributed by atoms with Crippen molar-refractivity contribution in [2.45, 2.75) is 19.3 Å². The summed E-state index contributed by atoms with van der Waals surface area (Å²) in [4.78, 5) is 25.0. The van der Waals surface area contributed by atoms with E-state index in [2.05, 4.69) is 10.6 Å². The number of hydrogen-bond acceptors (Lipinski definition) is 3. The third-order valence-corrected chi connectivity index (χ3v) is 3.29. The third-order valence-electron chi connectivity index (χ3n) is 3.29. The first-order chi connectivity index (χ1) is 9.75. The average molecular weight is 292 g/mol. The highest BCUT2D eigenvalue weighted by molar-refractivity contribution is 5.87. The van der Waals surface area contributed by atoms with E-state index in [1.807, 2.05) is 26.0 Å². The molecule has 0 aliphatic heterocycles. The van der Waals surface area contributed by atoms with Crippen molar-refractivity contribution in [2.75, 3.05) is 32.9 Å². The molecule has 1 aromatic rings. The standard InChI is InChI=1S/C15H24N4O2/c1-15(2,11-5-7-12(16)8-6-11)13(20)17-9-10-18-14(21)19(3)4/h5-8H,9-10,16H2,1-4H3,(H,17,20)(H,18,21). The van der Waals surface area contributed by atoms with Crippen LogP contribution in [-0.4, -0.2) is 44.0 Å². The maximum Gasteiger partial charge on any atom is 0.316 e. The monoisotopic (exact) mass is 292 g/mol. The second-order valence-corrected chi connectivity index (χ2v) is 5.63. The highest BCUT2D eigenvalue weighted by Crippen LogP contribution is 2.24. The van der Waals surface area contributed by atoms with Gasteiger partial charge in [-0.25, -0.2) is 4.79 Å². The van der Waals surface area contributed by atoms with Crippen molar-refractivity contribution in [1.82, 2.24) is 15.5 Å². The smallest absolute Gasteiger partial charge is 0.316 e. The molecule has 0 fully saturated rings. The summed E-state index contributed by atoms with van der Waals surface area (Å²) in [5, 5.41) is 5.52. The average Bonchev–Trinajstić information content (AvgIpc) is 2.43. The van der Waals surface area contributed by atoms with Crippen LogP contribution in [0.25, 0.3) is 0 Å². The largest absolute Gasteiger partial charge is 0.399 e. The number of hydrogen-bond donors (Lipinski definition) is 3. The maximum atomic E-state index is 12.3. The molecular weight excluding hydrogens is 268 g/mol. The Hall–Kier alpha value is -2.24. The summed E-state index contributed by atoms with van der Waals surface area (Å²) in [5.41, 5.74) is 6.56. The van der Waals surface area contributed by atoms with Crippen LogP contribution in [0.15, 0.2) is 24.3 Å². The van der Waals surface area contributed by atoms with E-state index in [9.17, 15) is 9.59 Å². The topological polar surface area (TPSA) is 87.5 Å². The van der Waals surface area contributed by atoms with Crippen LogP contribution in [0.1, 0.15) is 19.4 Å². The number of nitrogen functional groups attached to an aromatic ring is 1. The van der Waals surface area contributed by atoms with Crippen LogP contribution in [0, 0.1) is 0 Å². The first kappa shape index (κ1) is 16.8. The van der Waals surface area contributed by atoms with E-state index >= 15 is 0 Å². The first-order valence-electron chi connectivity index (χ1n) is 6.84. The number of benzene rings is 1. The van der Waals surface area contributed by atoms with E-state index < -0.39 is 5.41 Å². The predicted molar refractivity (Wildman–Crippen MR) is 84.0 cm³/mol. The molecule has 1 rings (SSSR count). The maximum absolute atomic E-state index is 12.3. The SMILES string of the molecule is CN(C)C(=O)NCCNC(=O)C(C)(C)c1ccc(N)cc1. The molecule has 0 bridgehead atoms. The summed E-state index contributed by atoms with van der Waals surface area (Å²) in [6, 6.07) is 7.08. The Morgan fingerprint density at radius 1 is 1.10 bits per heavy atom. The molecule has 0 aliphatic carbocycles. The quantitative estimate of drug-likeness (QED) is 0.557. The number of carbonyl (C=O) groups excluding carboxylic acids is 2. The van der Waals surface area contributed by atoms with Gasteiger partial charge < -0.3 is 21.3 Å². The number of carbonyl (C=O) groups is 2. The van der Waals surface area contributed by atoms with Gasteiger partial charge in [-0.05, 0) is 31.5 Å². The van der Waals surface area contributed by atoms with Gasteiger partial charge in [-0.1, -0.05) is 12.1 Å². The highest BCUT2D eigenvalue weighted by Gasteiger charge is 2.29. The van der Waals surface area contributed by atoms with Gasteiger partial charge in [0.1, 0.15) is 0 Å². The van der Waals surface area contributed by atoms with E-state index in [-0.39, 0.29) is 11.9 Å². The van der Waals surface area contributed by atoms with Gasteiger partial charge in [0.25, 0.3) is 0 Å². The van der Waals surface area contributed by atoms with E-state index in [0.29, 0.717) is 18.8 Å². The van der Waals surface area contributed by atoms with Gasteiger partial charge in [0.05, 0.1) is 5.41 Å². The zero-order valence-electron chi connectivity index (χ0n) is 13.1. The normalized spacial score (nSPS) is 10.9. The Bertz CT molecular complexity index is 495. The fraction of sp³-hybridized carbons (Fsp3) is 0.467. The summed E-state index contributed by atoms with van der Waals surface area (Å²) in [6.45, 7) is 4.48. The van der Waals surface area contributed by atoms with Crippen molar-refractivity contribution in [3.05, 3.63) is 29.8 Å². The lowest BCUT2D eigenvalue weighted by Crippen LogP contribution is -2.44. The number of anilines is 1. The van der Waals surface area contributed by atoms with Crippen LogP contribution >= 0.6 is 0 Å². The summed E-state index contributed by atoms with van der Waals surface area (Å²) in [5.74, 6) is -0.0913. The molecule has 3 amide bonds. The van der Waals surface area contributed by atoms with Crippen molar-refractivity contribution in [3.63, 3.8) is 0 Å². The molecule has 4 N–H and O–H groups in total. The molecule has 6 nitrogen and oxygen atoms in total. The van der Waals surface area contributed by atoms with Gasteiger partial charge in [0.2, 0.25) is 5.91 Å². The zero-order chi connectivity index (χ0) is 16.0. The summed E-state index contributed by atoms with van der Waals surface area (Å²) in [6.07, 6.45) is 0. The van der Waals surface area contributed by atoms with Crippen molar-refractivity contribution >= 4 is 17.6 Å².